The Hall–Kier alpha value is -3.11. The molecule has 3 aromatic rings. The number of tetrazole rings is 1. The van der Waals surface area contributed by atoms with Gasteiger partial charge < -0.3 is 42.2 Å². The molecule has 5 atom stereocenters. The number of carbonyl (C=O) groups is 2. The number of nitrogens with zero attached hydrogens (tertiary/aromatic N) is 8. The first-order valence-electron chi connectivity index (χ1n) is 21.8. The van der Waals surface area contributed by atoms with Crippen LogP contribution < -0.4 is 4.90 Å². The van der Waals surface area contributed by atoms with E-state index in [1.807, 2.05) is 20.8 Å². The van der Waals surface area contributed by atoms with E-state index in [1.165, 1.54) is 4.80 Å². The van der Waals surface area contributed by atoms with Gasteiger partial charge in [0.05, 0.1) is 38.5 Å². The summed E-state index contributed by atoms with van der Waals surface area (Å²) in [6, 6.07) is 4.37. The van der Waals surface area contributed by atoms with Gasteiger partial charge in [-0.3, -0.25) is 9.46 Å². The fourth-order valence-electron chi connectivity index (χ4n) is 7.96. The number of hydrogen-bond acceptors (Lipinski definition) is 17. The fraction of sp³-hybridized carbons (Fsp3) is 0.775. The SMILES string of the molecule is CCOC(=O)[C@](Cc1nnn(COCC[Si](C)(C)C)n1)(OC[C@H]1O[C@H](c2ccc3c(N(C(=O)OC(C)(C)C)C4CCCC4)nc(Cl)nn23)[C@@H]2OC(C)(C)O[C@@H]21)P(=O)(OCC)OCC. The molecule has 352 valence electrons. The van der Waals surface area contributed by atoms with Crippen LogP contribution in [0.25, 0.3) is 5.52 Å². The molecule has 1 saturated carbocycles. The van der Waals surface area contributed by atoms with Crippen molar-refractivity contribution in [1.82, 2.24) is 34.8 Å². The average Bonchev–Trinajstić information content (AvgIpc) is 4.02. The topological polar surface area (TPSA) is 211 Å². The molecule has 6 rings (SSSR count). The maximum atomic E-state index is 15.0. The molecule has 0 N–H and O–H groups in total. The number of ether oxygens (including phenoxy) is 7. The number of rotatable bonds is 20. The van der Waals surface area contributed by atoms with Crippen LogP contribution in [-0.4, -0.2) is 129 Å². The molecule has 0 radical (unpaired) electrons. The number of carbonyl (C=O) groups excluding carboxylic acids is 2. The van der Waals surface area contributed by atoms with Gasteiger partial charge in [-0.25, -0.2) is 14.1 Å². The molecule has 3 aromatic heterocycles. The van der Waals surface area contributed by atoms with E-state index in [-0.39, 0.29) is 50.3 Å². The summed E-state index contributed by atoms with van der Waals surface area (Å²) in [7, 11) is -5.90. The predicted molar refractivity (Wildman–Crippen MR) is 232 cm³/mol. The van der Waals surface area contributed by atoms with Crippen LogP contribution in [0.5, 0.6) is 0 Å². The zero-order valence-corrected chi connectivity index (χ0v) is 41.0. The van der Waals surface area contributed by atoms with Gasteiger partial charge in [-0.1, -0.05) is 32.5 Å². The third kappa shape index (κ3) is 11.3. The molecular weight excluding hydrogens is 879 g/mol. The maximum Gasteiger partial charge on any atom is 0.416 e. The second-order valence-corrected chi connectivity index (χ2v) is 26.7. The summed E-state index contributed by atoms with van der Waals surface area (Å²) in [4.78, 5) is 35.5. The molecule has 0 spiro atoms. The first-order chi connectivity index (χ1) is 29.6. The lowest BCUT2D eigenvalue weighted by atomic mass is 10.1. The van der Waals surface area contributed by atoms with Gasteiger partial charge in [0.2, 0.25) is 5.28 Å². The van der Waals surface area contributed by atoms with Crippen molar-refractivity contribution in [2.24, 2.45) is 0 Å². The molecule has 5 heterocycles. The summed E-state index contributed by atoms with van der Waals surface area (Å²) in [5.41, 5.74) is 0.248. The predicted octanol–water partition coefficient (Wildman–Crippen LogP) is 7.11. The lowest BCUT2D eigenvalue weighted by molar-refractivity contribution is -0.200. The first kappa shape index (κ1) is 49.3. The van der Waals surface area contributed by atoms with Crippen molar-refractivity contribution < 1.29 is 56.4 Å². The largest absolute Gasteiger partial charge is 0.463 e. The van der Waals surface area contributed by atoms with E-state index in [0.29, 0.717) is 23.6 Å². The summed E-state index contributed by atoms with van der Waals surface area (Å²) in [5.74, 6) is -1.78. The fourth-order valence-corrected chi connectivity index (χ4v) is 10.9. The number of halogens is 1. The molecule has 2 saturated heterocycles. The zero-order chi connectivity index (χ0) is 46.0. The van der Waals surface area contributed by atoms with Crippen molar-refractivity contribution in [1.29, 1.82) is 0 Å². The average molecular weight is 944 g/mol. The van der Waals surface area contributed by atoms with Gasteiger partial charge in [-0.05, 0) is 103 Å². The minimum Gasteiger partial charge on any atom is -0.463 e. The molecule has 0 aromatic carbocycles. The number of fused-ring (bicyclic) bond motifs is 2. The van der Waals surface area contributed by atoms with Crippen molar-refractivity contribution in [3.63, 3.8) is 0 Å². The molecule has 23 heteroatoms. The Balaban J connectivity index is 1.35. The van der Waals surface area contributed by atoms with E-state index in [4.69, 9.17) is 53.8 Å². The van der Waals surface area contributed by atoms with Crippen LogP contribution >= 0.6 is 19.2 Å². The quantitative estimate of drug-likeness (QED) is 0.0478. The van der Waals surface area contributed by atoms with Gasteiger partial charge >= 0.3 is 19.7 Å². The van der Waals surface area contributed by atoms with Crippen molar-refractivity contribution in [3.05, 3.63) is 28.9 Å². The normalized spacial score (nSPS) is 22.7. The van der Waals surface area contributed by atoms with Gasteiger partial charge in [-0.15, -0.1) is 20.1 Å². The first-order valence-corrected chi connectivity index (χ1v) is 27.4. The van der Waals surface area contributed by atoms with Crippen molar-refractivity contribution in [2.45, 2.75) is 167 Å². The summed E-state index contributed by atoms with van der Waals surface area (Å²) < 4.78 is 71.7. The molecular formula is C40H64ClN8O12PSi. The second kappa shape index (κ2) is 19.8. The van der Waals surface area contributed by atoms with Gasteiger partial charge in [0, 0.05) is 20.7 Å². The van der Waals surface area contributed by atoms with Crippen molar-refractivity contribution in [3.8, 4) is 0 Å². The Morgan fingerprint density at radius 2 is 1.70 bits per heavy atom. The van der Waals surface area contributed by atoms with E-state index < -0.39 is 75.3 Å². The van der Waals surface area contributed by atoms with Gasteiger partial charge in [0.15, 0.2) is 24.2 Å². The van der Waals surface area contributed by atoms with Crippen LogP contribution in [0.15, 0.2) is 12.1 Å². The Morgan fingerprint density at radius 3 is 2.33 bits per heavy atom. The number of amides is 1. The van der Waals surface area contributed by atoms with E-state index in [0.717, 1.165) is 31.7 Å². The lowest BCUT2D eigenvalue weighted by Crippen LogP contribution is -2.48. The highest BCUT2D eigenvalue weighted by Gasteiger charge is 2.63. The molecule has 0 unspecified atom stereocenters. The van der Waals surface area contributed by atoms with Gasteiger partial charge in [0.25, 0.3) is 5.34 Å². The van der Waals surface area contributed by atoms with E-state index in [1.54, 1.807) is 56.2 Å². The van der Waals surface area contributed by atoms with Crippen LogP contribution in [-0.2, 0) is 64.7 Å². The highest BCUT2D eigenvalue weighted by molar-refractivity contribution is 7.56. The minimum absolute atomic E-state index is 0.00575. The second-order valence-electron chi connectivity index (χ2n) is 18.5. The highest BCUT2D eigenvalue weighted by Crippen LogP contribution is 2.62. The van der Waals surface area contributed by atoms with Crippen LogP contribution in [0, 0.1) is 0 Å². The van der Waals surface area contributed by atoms with Crippen molar-refractivity contribution >= 4 is 50.7 Å². The summed E-state index contributed by atoms with van der Waals surface area (Å²) >= 11 is 6.64. The highest BCUT2D eigenvalue weighted by atomic mass is 35.5. The van der Waals surface area contributed by atoms with Gasteiger partial charge in [0.1, 0.15) is 35.5 Å². The van der Waals surface area contributed by atoms with Crippen LogP contribution in [0.3, 0.4) is 0 Å². The number of hydrogen-bond donors (Lipinski definition) is 0. The third-order valence-electron chi connectivity index (χ3n) is 10.7. The molecule has 1 aliphatic carbocycles. The number of aromatic nitrogens is 7. The van der Waals surface area contributed by atoms with Crippen LogP contribution in [0.1, 0.15) is 98.7 Å². The molecule has 2 aliphatic heterocycles. The standard InChI is InChI=1S/C40H64ClN8O12PSi/c1-12-54-35(50)40(62(52,56-13-2)57-14-3,23-30-43-46-47(44-30)25-53-21-22-63(9,10)11)55-24-29-32-33(60-39(7,8)59-32)31(58-29)27-19-20-28-34(42-36(41)45-49(27)28)48(26-17-15-16-18-26)37(51)61-38(4,5)6/h19-20,26,29,31-33H,12-18,21-25H2,1-11H3/t29-,31-,32-,33+,40-/m1/s1. The summed E-state index contributed by atoms with van der Waals surface area (Å²) in [5, 5.41) is 14.8. The minimum atomic E-state index is -4.55. The monoisotopic (exact) mass is 942 g/mol. The van der Waals surface area contributed by atoms with Crippen LogP contribution in [0.4, 0.5) is 10.6 Å². The Labute approximate surface area is 374 Å². The zero-order valence-electron chi connectivity index (χ0n) is 38.3. The Kier molecular flexibility index (Phi) is 15.5. The number of esters is 1. The third-order valence-corrected chi connectivity index (χ3v) is 15.1. The molecule has 63 heavy (non-hydrogen) atoms. The number of anilines is 1. The van der Waals surface area contributed by atoms with Crippen LogP contribution in [0.2, 0.25) is 31.0 Å². The Bertz CT molecular complexity index is 2100. The molecule has 3 aliphatic rings. The molecule has 3 fully saturated rings. The molecule has 1 amide bonds. The smallest absolute Gasteiger partial charge is 0.416 e. The Morgan fingerprint density at radius 1 is 1.02 bits per heavy atom. The van der Waals surface area contributed by atoms with Crippen molar-refractivity contribution in [2.75, 3.05) is 37.9 Å². The molecule has 0 bridgehead atoms. The molecule has 20 nitrogen and oxygen atoms in total. The lowest BCUT2D eigenvalue weighted by Gasteiger charge is -2.36. The van der Waals surface area contributed by atoms with E-state index in [2.05, 4.69) is 45.1 Å². The summed E-state index contributed by atoms with van der Waals surface area (Å²) in [6.07, 6.45) is -0.877. The maximum absolute atomic E-state index is 15.0. The van der Waals surface area contributed by atoms with E-state index >= 15 is 4.57 Å². The van der Waals surface area contributed by atoms with Gasteiger partial charge in [-0.2, -0.15) is 4.98 Å². The van der Waals surface area contributed by atoms with E-state index in [9.17, 15) is 9.59 Å². The summed E-state index contributed by atoms with van der Waals surface area (Å²) in [6.45, 7) is 20.5.